The summed E-state index contributed by atoms with van der Waals surface area (Å²) in [6.45, 7) is 5.11. The molecule has 1 N–H and O–H groups in total. The molecule has 1 aromatic carbocycles. The molecule has 1 aliphatic rings. The highest BCUT2D eigenvalue weighted by molar-refractivity contribution is 5.88. The number of rotatable bonds is 2. The quantitative estimate of drug-likeness (QED) is 0.905. The van der Waals surface area contributed by atoms with Crippen molar-refractivity contribution in [2.75, 3.05) is 18.0 Å². The van der Waals surface area contributed by atoms with Crippen LogP contribution >= 0.6 is 0 Å². The fraction of sp³-hybridized carbons (Fsp3) is 0.500. The number of anilines is 1. The first kappa shape index (κ1) is 14.7. The zero-order chi connectivity index (χ0) is 15.1. The molecule has 0 spiro atoms. The maximum Gasteiger partial charge on any atom is 0.418 e. The first-order chi connectivity index (χ1) is 9.20. The summed E-state index contributed by atoms with van der Waals surface area (Å²) < 4.78 is 39.4. The van der Waals surface area contributed by atoms with Crippen molar-refractivity contribution in [3.05, 3.63) is 29.3 Å². The predicted molar refractivity (Wildman–Crippen MR) is 68.9 cm³/mol. The maximum atomic E-state index is 13.1. The molecule has 0 bridgehead atoms. The molecule has 2 unspecified atom stereocenters. The van der Waals surface area contributed by atoms with Crippen LogP contribution in [0.3, 0.4) is 0 Å². The van der Waals surface area contributed by atoms with Gasteiger partial charge in [0.05, 0.1) is 11.1 Å². The van der Waals surface area contributed by atoms with Gasteiger partial charge in [-0.15, -0.1) is 0 Å². The monoisotopic (exact) mass is 287 g/mol. The molecule has 1 aromatic rings. The Morgan fingerprint density at radius 1 is 1.25 bits per heavy atom. The molecule has 1 fully saturated rings. The maximum absolute atomic E-state index is 13.1. The van der Waals surface area contributed by atoms with E-state index in [1.165, 1.54) is 12.1 Å². The summed E-state index contributed by atoms with van der Waals surface area (Å²) in [6.07, 6.45) is -4.56. The fourth-order valence-corrected chi connectivity index (χ4v) is 2.50. The van der Waals surface area contributed by atoms with Gasteiger partial charge in [0.1, 0.15) is 0 Å². The highest BCUT2D eigenvalue weighted by Gasteiger charge is 2.37. The molecule has 0 aromatic heterocycles. The van der Waals surface area contributed by atoms with Crippen molar-refractivity contribution in [1.82, 2.24) is 0 Å². The van der Waals surface area contributed by atoms with E-state index in [1.807, 2.05) is 13.8 Å². The van der Waals surface area contributed by atoms with Gasteiger partial charge in [0.2, 0.25) is 0 Å². The van der Waals surface area contributed by atoms with Crippen molar-refractivity contribution in [1.29, 1.82) is 0 Å². The molecule has 2 rings (SSSR count). The predicted octanol–water partition coefficient (Wildman–Crippen LogP) is 3.50. The largest absolute Gasteiger partial charge is 0.478 e. The average molecular weight is 287 g/mol. The number of halogens is 3. The van der Waals surface area contributed by atoms with Gasteiger partial charge in [-0.3, -0.25) is 0 Å². The Morgan fingerprint density at radius 3 is 2.25 bits per heavy atom. The minimum Gasteiger partial charge on any atom is -0.478 e. The minimum absolute atomic E-state index is 0.0682. The molecule has 0 aliphatic carbocycles. The molecular formula is C14H16F3NO2. The van der Waals surface area contributed by atoms with Crippen LogP contribution in [-0.4, -0.2) is 24.2 Å². The number of carboxylic acid groups (broad SMARTS) is 1. The molecule has 0 amide bonds. The minimum atomic E-state index is -4.56. The number of carbonyl (C=O) groups is 1. The Balaban J connectivity index is 2.45. The average Bonchev–Trinajstić information content (AvgIpc) is 2.67. The zero-order valence-electron chi connectivity index (χ0n) is 11.2. The van der Waals surface area contributed by atoms with Crippen LogP contribution in [0.1, 0.15) is 29.8 Å². The number of benzene rings is 1. The van der Waals surface area contributed by atoms with Gasteiger partial charge in [0, 0.05) is 18.8 Å². The Bertz CT molecular complexity index is 518. The van der Waals surface area contributed by atoms with Crippen molar-refractivity contribution in [3.63, 3.8) is 0 Å². The summed E-state index contributed by atoms with van der Waals surface area (Å²) >= 11 is 0. The zero-order valence-corrected chi connectivity index (χ0v) is 11.2. The molecule has 1 heterocycles. The Kier molecular flexibility index (Phi) is 3.67. The van der Waals surface area contributed by atoms with E-state index in [2.05, 4.69) is 0 Å². The number of hydrogen-bond donors (Lipinski definition) is 1. The van der Waals surface area contributed by atoms with E-state index in [9.17, 15) is 18.0 Å². The first-order valence-electron chi connectivity index (χ1n) is 6.39. The van der Waals surface area contributed by atoms with Gasteiger partial charge in [-0.25, -0.2) is 4.79 Å². The second-order valence-electron chi connectivity index (χ2n) is 5.39. The second kappa shape index (κ2) is 5.00. The number of carboxylic acids is 1. The summed E-state index contributed by atoms with van der Waals surface area (Å²) in [4.78, 5) is 12.5. The van der Waals surface area contributed by atoms with Crippen LogP contribution < -0.4 is 4.90 Å². The molecule has 0 saturated carbocycles. The molecule has 20 heavy (non-hydrogen) atoms. The summed E-state index contributed by atoms with van der Waals surface area (Å²) in [5, 5.41) is 8.83. The van der Waals surface area contributed by atoms with Crippen LogP contribution in [0.15, 0.2) is 18.2 Å². The van der Waals surface area contributed by atoms with Crippen molar-refractivity contribution < 1.29 is 23.1 Å². The van der Waals surface area contributed by atoms with Crippen LogP contribution in [0.4, 0.5) is 18.9 Å². The Labute approximate surface area is 115 Å². The summed E-state index contributed by atoms with van der Waals surface area (Å²) in [5.74, 6) is -0.726. The van der Waals surface area contributed by atoms with Crippen LogP contribution in [0.5, 0.6) is 0 Å². The second-order valence-corrected chi connectivity index (χ2v) is 5.39. The van der Waals surface area contributed by atoms with Gasteiger partial charge < -0.3 is 10.0 Å². The third kappa shape index (κ3) is 2.73. The molecule has 1 saturated heterocycles. The number of nitrogens with zero attached hydrogens (tertiary/aromatic N) is 1. The Hall–Kier alpha value is -1.72. The molecule has 2 atom stereocenters. The normalized spacial score (nSPS) is 23.1. The molecule has 1 aliphatic heterocycles. The fourth-order valence-electron chi connectivity index (χ4n) is 2.50. The van der Waals surface area contributed by atoms with Gasteiger partial charge in [-0.2, -0.15) is 13.2 Å². The van der Waals surface area contributed by atoms with Crippen LogP contribution in [0.25, 0.3) is 0 Å². The molecular weight excluding hydrogens is 271 g/mol. The number of alkyl halides is 3. The van der Waals surface area contributed by atoms with E-state index in [0.717, 1.165) is 0 Å². The van der Waals surface area contributed by atoms with E-state index in [0.29, 0.717) is 31.0 Å². The lowest BCUT2D eigenvalue weighted by Gasteiger charge is -2.23. The van der Waals surface area contributed by atoms with Crippen LogP contribution in [-0.2, 0) is 6.18 Å². The molecule has 110 valence electrons. The van der Waals surface area contributed by atoms with Gasteiger partial charge in [0.15, 0.2) is 0 Å². The molecule has 3 nitrogen and oxygen atoms in total. The van der Waals surface area contributed by atoms with E-state index in [1.54, 1.807) is 4.90 Å². The number of aromatic carboxylic acids is 1. The van der Waals surface area contributed by atoms with E-state index >= 15 is 0 Å². The SMILES string of the molecule is CC1CN(c2ccc(C(=O)O)cc2C(F)(F)F)CC1C. The highest BCUT2D eigenvalue weighted by Crippen LogP contribution is 2.39. The van der Waals surface area contributed by atoms with E-state index in [4.69, 9.17) is 5.11 Å². The molecule has 0 radical (unpaired) electrons. The third-order valence-electron chi connectivity index (χ3n) is 3.88. The van der Waals surface area contributed by atoms with E-state index in [-0.39, 0.29) is 11.3 Å². The first-order valence-corrected chi connectivity index (χ1v) is 6.39. The van der Waals surface area contributed by atoms with Gasteiger partial charge >= 0.3 is 12.1 Å². The Morgan fingerprint density at radius 2 is 1.80 bits per heavy atom. The lowest BCUT2D eigenvalue weighted by Crippen LogP contribution is -2.24. The van der Waals surface area contributed by atoms with Crippen LogP contribution in [0, 0.1) is 11.8 Å². The standard InChI is InChI=1S/C14H16F3NO2/c1-8-6-18(7-9(8)2)12-4-3-10(13(19)20)5-11(12)14(15,16)17/h3-5,8-9H,6-7H2,1-2H3,(H,19,20). The lowest BCUT2D eigenvalue weighted by atomic mass is 10.0. The third-order valence-corrected chi connectivity index (χ3v) is 3.88. The summed E-state index contributed by atoms with van der Waals surface area (Å²) in [6, 6.07) is 3.20. The summed E-state index contributed by atoms with van der Waals surface area (Å²) in [7, 11) is 0. The van der Waals surface area contributed by atoms with Crippen LogP contribution in [0.2, 0.25) is 0 Å². The van der Waals surface area contributed by atoms with Gasteiger partial charge in [-0.05, 0) is 30.0 Å². The van der Waals surface area contributed by atoms with E-state index < -0.39 is 17.7 Å². The highest BCUT2D eigenvalue weighted by atomic mass is 19.4. The molecule has 6 heteroatoms. The van der Waals surface area contributed by atoms with Gasteiger partial charge in [-0.1, -0.05) is 13.8 Å². The smallest absolute Gasteiger partial charge is 0.418 e. The number of hydrogen-bond acceptors (Lipinski definition) is 2. The van der Waals surface area contributed by atoms with Crippen molar-refractivity contribution in [2.45, 2.75) is 20.0 Å². The van der Waals surface area contributed by atoms with Crippen molar-refractivity contribution in [3.8, 4) is 0 Å². The lowest BCUT2D eigenvalue weighted by molar-refractivity contribution is -0.137. The van der Waals surface area contributed by atoms with Crippen molar-refractivity contribution >= 4 is 11.7 Å². The van der Waals surface area contributed by atoms with Crippen molar-refractivity contribution in [2.24, 2.45) is 11.8 Å². The topological polar surface area (TPSA) is 40.5 Å². The summed E-state index contributed by atoms with van der Waals surface area (Å²) in [5.41, 5.74) is -1.15. The van der Waals surface area contributed by atoms with Gasteiger partial charge in [0.25, 0.3) is 0 Å².